The maximum atomic E-state index is 14.4. The van der Waals surface area contributed by atoms with Crippen LogP contribution < -0.4 is 9.64 Å². The Morgan fingerprint density at radius 1 is 1.26 bits per heavy atom. The number of hydrogen-bond donors (Lipinski definition) is 0. The molecule has 6 nitrogen and oxygen atoms in total. The Balaban J connectivity index is 1.45. The van der Waals surface area contributed by atoms with Crippen LogP contribution in [0.15, 0.2) is 36.5 Å². The number of hydrogen-bond acceptors (Lipinski definition) is 6. The van der Waals surface area contributed by atoms with Crippen LogP contribution >= 0.6 is 11.6 Å². The molecule has 0 spiro atoms. The Kier molecular flexibility index (Phi) is 7.05. The van der Waals surface area contributed by atoms with Crippen LogP contribution in [-0.2, 0) is 16.0 Å². The highest BCUT2D eigenvalue weighted by atomic mass is 35.5. The van der Waals surface area contributed by atoms with Crippen molar-refractivity contribution >= 4 is 23.8 Å². The summed E-state index contributed by atoms with van der Waals surface area (Å²) in [6.07, 6.45) is 4.17. The van der Waals surface area contributed by atoms with Gasteiger partial charge in [0, 0.05) is 49.0 Å². The van der Waals surface area contributed by atoms with Crippen molar-refractivity contribution in [2.75, 3.05) is 31.1 Å². The van der Waals surface area contributed by atoms with Gasteiger partial charge in [-0.2, -0.15) is 4.39 Å². The third kappa shape index (κ3) is 5.17. The van der Waals surface area contributed by atoms with Gasteiger partial charge in [-0.05, 0) is 43.9 Å². The molecule has 3 heterocycles. The molecule has 2 fully saturated rings. The van der Waals surface area contributed by atoms with E-state index in [1.165, 1.54) is 17.8 Å². The molecular formula is C23H27ClFN3O3. The van der Waals surface area contributed by atoms with Gasteiger partial charge in [-0.15, -0.1) is 0 Å². The fourth-order valence-corrected chi connectivity index (χ4v) is 4.78. The quantitative estimate of drug-likeness (QED) is 0.497. The second-order valence-electron chi connectivity index (χ2n) is 8.21. The molecule has 2 atom stereocenters. The van der Waals surface area contributed by atoms with Crippen LogP contribution in [0.2, 0.25) is 5.02 Å². The first-order valence-electron chi connectivity index (χ1n) is 10.7. The second-order valence-corrected chi connectivity index (χ2v) is 8.64. The van der Waals surface area contributed by atoms with Gasteiger partial charge in [-0.1, -0.05) is 23.7 Å². The second kappa shape index (κ2) is 9.94. The predicted molar refractivity (Wildman–Crippen MR) is 117 cm³/mol. The maximum absolute atomic E-state index is 14.4. The highest BCUT2D eigenvalue weighted by Gasteiger charge is 2.35. The monoisotopic (exact) mass is 447 g/mol. The van der Waals surface area contributed by atoms with Crippen LogP contribution in [0.5, 0.6) is 5.75 Å². The minimum atomic E-state index is -0.613. The van der Waals surface area contributed by atoms with E-state index in [4.69, 9.17) is 21.1 Å². The number of ether oxygens (including phenoxy) is 2. The zero-order valence-corrected chi connectivity index (χ0v) is 18.3. The normalized spacial score (nSPS) is 23.0. The van der Waals surface area contributed by atoms with E-state index in [1.807, 2.05) is 17.0 Å². The van der Waals surface area contributed by atoms with Crippen molar-refractivity contribution in [3.8, 4) is 5.75 Å². The lowest BCUT2D eigenvalue weighted by atomic mass is 9.96. The number of carbonyl (C=O) groups excluding carboxylic acids is 1. The number of morpholine rings is 1. The molecule has 166 valence electrons. The van der Waals surface area contributed by atoms with Crippen LogP contribution in [0.4, 0.5) is 10.1 Å². The molecule has 4 rings (SSSR count). The molecule has 2 aliphatic rings. The molecular weight excluding hydrogens is 421 g/mol. The lowest BCUT2D eigenvalue weighted by Crippen LogP contribution is -2.56. The number of nitrogens with zero attached hydrogens (tertiary/aromatic N) is 3. The minimum absolute atomic E-state index is 0.183. The first-order chi connectivity index (χ1) is 15.0. The Labute approximate surface area is 186 Å². The first-order valence-corrected chi connectivity index (χ1v) is 11.0. The fourth-order valence-electron chi connectivity index (χ4n) is 4.65. The van der Waals surface area contributed by atoms with E-state index in [2.05, 4.69) is 28.9 Å². The smallest absolute Gasteiger partial charge is 0.298 e. The van der Waals surface area contributed by atoms with E-state index in [1.54, 1.807) is 0 Å². The van der Waals surface area contributed by atoms with Gasteiger partial charge in [0.25, 0.3) is 6.47 Å². The minimum Gasteiger partial charge on any atom is -0.426 e. The van der Waals surface area contributed by atoms with Crippen LogP contribution in [-0.4, -0.2) is 60.8 Å². The average Bonchev–Trinajstić information content (AvgIpc) is 2.77. The number of rotatable bonds is 6. The number of anilines is 1. The summed E-state index contributed by atoms with van der Waals surface area (Å²) >= 11 is 6.03. The zero-order valence-electron chi connectivity index (χ0n) is 17.5. The van der Waals surface area contributed by atoms with Gasteiger partial charge in [-0.25, -0.2) is 4.98 Å². The first kappa shape index (κ1) is 22.0. The van der Waals surface area contributed by atoms with Gasteiger partial charge in [0.2, 0.25) is 5.95 Å². The number of pyridine rings is 1. The highest BCUT2D eigenvalue weighted by molar-refractivity contribution is 6.30. The van der Waals surface area contributed by atoms with Gasteiger partial charge in [0.15, 0.2) is 5.75 Å². The summed E-state index contributed by atoms with van der Waals surface area (Å²) in [7, 11) is 0. The molecule has 0 unspecified atom stereocenters. The summed E-state index contributed by atoms with van der Waals surface area (Å²) < 4.78 is 25.4. The Hall–Kier alpha value is -2.22. The molecule has 31 heavy (non-hydrogen) atoms. The lowest BCUT2D eigenvalue weighted by Gasteiger charge is -2.46. The summed E-state index contributed by atoms with van der Waals surface area (Å²) in [5.74, 6) is -0.403. The fraction of sp³-hybridized carbons (Fsp3) is 0.478. The molecule has 1 aromatic heterocycles. The number of benzene rings is 1. The summed E-state index contributed by atoms with van der Waals surface area (Å²) in [6.45, 7) is 5.34. The summed E-state index contributed by atoms with van der Waals surface area (Å²) in [5, 5.41) is 0.738. The molecule has 2 saturated heterocycles. The molecule has 8 heteroatoms. The number of aromatic nitrogens is 1. The maximum Gasteiger partial charge on any atom is 0.298 e. The molecule has 0 bridgehead atoms. The molecule has 0 saturated carbocycles. The molecule has 2 aliphatic heterocycles. The van der Waals surface area contributed by atoms with Crippen molar-refractivity contribution in [1.82, 2.24) is 9.88 Å². The van der Waals surface area contributed by atoms with Crippen molar-refractivity contribution in [1.29, 1.82) is 0 Å². The van der Waals surface area contributed by atoms with Crippen LogP contribution in [0.1, 0.15) is 25.3 Å². The molecule has 0 amide bonds. The Bertz CT molecular complexity index is 890. The highest BCUT2D eigenvalue weighted by Crippen LogP contribution is 2.33. The standard InChI is InChI=1S/C23H27ClFN3O3/c1-16-13-28(20(14-30-16)12-17-2-4-18(24)5-3-17)19-7-10-27(11-8-19)22-21(31-15-29)6-9-26-23(22)25/h2-6,9,15-16,19-20H,7-8,10-14H2,1H3/t16-,20-/m0/s1. The van der Waals surface area contributed by atoms with Gasteiger partial charge in [-0.3, -0.25) is 9.69 Å². The van der Waals surface area contributed by atoms with E-state index in [0.29, 0.717) is 32.2 Å². The van der Waals surface area contributed by atoms with E-state index < -0.39 is 5.95 Å². The van der Waals surface area contributed by atoms with Crippen LogP contribution in [0, 0.1) is 5.95 Å². The lowest BCUT2D eigenvalue weighted by molar-refractivity contribution is -0.120. The average molecular weight is 448 g/mol. The largest absolute Gasteiger partial charge is 0.426 e. The van der Waals surface area contributed by atoms with Crippen molar-refractivity contribution in [2.24, 2.45) is 0 Å². The van der Waals surface area contributed by atoms with Crippen molar-refractivity contribution in [3.05, 3.63) is 53.1 Å². The molecule has 2 aromatic rings. The van der Waals surface area contributed by atoms with Crippen LogP contribution in [0.3, 0.4) is 0 Å². The number of carbonyl (C=O) groups is 1. The number of halogens is 2. The predicted octanol–water partition coefficient (Wildman–Crippen LogP) is 3.71. The van der Waals surface area contributed by atoms with Gasteiger partial charge < -0.3 is 14.4 Å². The van der Waals surface area contributed by atoms with E-state index >= 15 is 0 Å². The molecule has 0 N–H and O–H groups in total. The van der Waals surface area contributed by atoms with Crippen LogP contribution in [0.25, 0.3) is 0 Å². The molecule has 0 aliphatic carbocycles. The summed E-state index contributed by atoms with van der Waals surface area (Å²) in [5.41, 5.74) is 1.50. The zero-order chi connectivity index (χ0) is 21.8. The topological polar surface area (TPSA) is 54.9 Å². The van der Waals surface area contributed by atoms with E-state index in [-0.39, 0.29) is 23.6 Å². The Morgan fingerprint density at radius 3 is 2.71 bits per heavy atom. The van der Waals surface area contributed by atoms with E-state index in [0.717, 1.165) is 30.8 Å². The third-order valence-electron chi connectivity index (χ3n) is 6.16. The van der Waals surface area contributed by atoms with Gasteiger partial charge in [0.1, 0.15) is 5.69 Å². The van der Waals surface area contributed by atoms with Gasteiger partial charge >= 0.3 is 0 Å². The van der Waals surface area contributed by atoms with Crippen molar-refractivity contribution < 1.29 is 18.7 Å². The third-order valence-corrected chi connectivity index (χ3v) is 6.41. The van der Waals surface area contributed by atoms with Crippen molar-refractivity contribution in [2.45, 2.75) is 44.4 Å². The van der Waals surface area contributed by atoms with E-state index in [9.17, 15) is 9.18 Å². The van der Waals surface area contributed by atoms with Crippen molar-refractivity contribution in [3.63, 3.8) is 0 Å². The summed E-state index contributed by atoms with van der Waals surface area (Å²) in [6, 6.07) is 10.2. The van der Waals surface area contributed by atoms with Gasteiger partial charge in [0.05, 0.1) is 12.7 Å². The number of piperidine rings is 1. The Morgan fingerprint density at radius 2 is 2.00 bits per heavy atom. The molecule has 0 radical (unpaired) electrons. The molecule has 1 aromatic carbocycles. The SMILES string of the molecule is C[C@H]1CN(C2CCN(c3c(OC=O)ccnc3F)CC2)[C@@H](Cc2ccc(Cl)cc2)CO1. The summed E-state index contributed by atoms with van der Waals surface area (Å²) in [4.78, 5) is 19.0.